The van der Waals surface area contributed by atoms with E-state index >= 15 is 0 Å². The Bertz CT molecular complexity index is 853. The maximum atomic E-state index is 13.9. The van der Waals surface area contributed by atoms with Crippen LogP contribution in [0.15, 0.2) is 47.4 Å². The third-order valence-electron chi connectivity index (χ3n) is 3.94. The van der Waals surface area contributed by atoms with Gasteiger partial charge in [-0.05, 0) is 24.3 Å². The second-order valence-corrected chi connectivity index (χ2v) is 7.73. The van der Waals surface area contributed by atoms with Crippen LogP contribution in [0.3, 0.4) is 0 Å². The van der Waals surface area contributed by atoms with E-state index in [9.17, 15) is 17.2 Å². The van der Waals surface area contributed by atoms with Gasteiger partial charge in [-0.1, -0.05) is 23.7 Å². The normalized spacial score (nSPS) is 16.4. The Hall–Kier alpha value is -1.70. The average molecular weight is 373 g/mol. The van der Waals surface area contributed by atoms with E-state index in [0.717, 1.165) is 6.07 Å². The number of hydrogen-bond donors (Lipinski definition) is 0. The SMILES string of the molecule is O=S(=O)(c1ccccc1Cl)N1CCN(c2ccc(F)cc2F)CC1. The molecular weight excluding hydrogens is 358 g/mol. The summed E-state index contributed by atoms with van der Waals surface area (Å²) in [5, 5.41) is 0.171. The van der Waals surface area contributed by atoms with Gasteiger partial charge in [0.25, 0.3) is 0 Å². The summed E-state index contributed by atoms with van der Waals surface area (Å²) in [6.07, 6.45) is 0. The first-order valence-corrected chi connectivity index (χ1v) is 9.16. The number of nitrogens with zero attached hydrogens (tertiary/aromatic N) is 2. The highest BCUT2D eigenvalue weighted by atomic mass is 35.5. The van der Waals surface area contributed by atoms with Gasteiger partial charge in [0.05, 0.1) is 10.7 Å². The van der Waals surface area contributed by atoms with Crippen LogP contribution < -0.4 is 4.90 Å². The summed E-state index contributed by atoms with van der Waals surface area (Å²) in [6.45, 7) is 1.02. The van der Waals surface area contributed by atoms with Crippen LogP contribution in [0.1, 0.15) is 0 Å². The zero-order chi connectivity index (χ0) is 17.3. The molecule has 0 N–H and O–H groups in total. The number of halogens is 3. The number of piperazine rings is 1. The summed E-state index contributed by atoms with van der Waals surface area (Å²) in [7, 11) is -3.69. The predicted molar refractivity (Wildman–Crippen MR) is 88.8 cm³/mol. The fraction of sp³-hybridized carbons (Fsp3) is 0.250. The summed E-state index contributed by atoms with van der Waals surface area (Å²) in [5.74, 6) is -1.30. The van der Waals surface area contributed by atoms with Crippen molar-refractivity contribution in [2.75, 3.05) is 31.1 Å². The third-order valence-corrected chi connectivity index (χ3v) is 6.34. The number of rotatable bonds is 3. The van der Waals surface area contributed by atoms with Crippen LogP contribution in [0.25, 0.3) is 0 Å². The standard InChI is InChI=1S/C16H15ClF2N2O2S/c17-13-3-1-2-4-16(13)24(22,23)21-9-7-20(8-10-21)15-6-5-12(18)11-14(15)19/h1-6,11H,7-10H2. The molecule has 1 aliphatic rings. The van der Waals surface area contributed by atoms with E-state index in [2.05, 4.69) is 0 Å². The zero-order valence-electron chi connectivity index (χ0n) is 12.6. The molecule has 24 heavy (non-hydrogen) atoms. The van der Waals surface area contributed by atoms with Crippen molar-refractivity contribution in [3.63, 3.8) is 0 Å². The van der Waals surface area contributed by atoms with Crippen LogP contribution in [0.2, 0.25) is 5.02 Å². The van der Waals surface area contributed by atoms with Crippen molar-refractivity contribution in [3.8, 4) is 0 Å². The lowest BCUT2D eigenvalue weighted by Gasteiger charge is -2.35. The number of benzene rings is 2. The van der Waals surface area contributed by atoms with E-state index < -0.39 is 21.7 Å². The molecule has 2 aromatic rings. The fourth-order valence-corrected chi connectivity index (χ4v) is 4.62. The Kier molecular flexibility index (Phi) is 4.76. The van der Waals surface area contributed by atoms with E-state index in [-0.39, 0.29) is 28.7 Å². The van der Waals surface area contributed by atoms with E-state index in [1.54, 1.807) is 17.0 Å². The molecule has 3 rings (SSSR count). The molecule has 0 amide bonds. The monoisotopic (exact) mass is 372 g/mol. The van der Waals surface area contributed by atoms with Crippen LogP contribution in [0.5, 0.6) is 0 Å². The second-order valence-electron chi connectivity index (χ2n) is 5.42. The maximum absolute atomic E-state index is 13.9. The molecule has 2 aromatic carbocycles. The van der Waals surface area contributed by atoms with E-state index in [0.29, 0.717) is 13.1 Å². The molecule has 0 bridgehead atoms. The zero-order valence-corrected chi connectivity index (χ0v) is 14.2. The molecule has 128 valence electrons. The van der Waals surface area contributed by atoms with Gasteiger partial charge in [-0.2, -0.15) is 4.31 Å². The fourth-order valence-electron chi connectivity index (χ4n) is 2.70. The molecule has 0 radical (unpaired) electrons. The highest BCUT2D eigenvalue weighted by Gasteiger charge is 2.30. The van der Waals surface area contributed by atoms with Gasteiger partial charge in [-0.3, -0.25) is 0 Å². The summed E-state index contributed by atoms with van der Waals surface area (Å²) in [6, 6.07) is 9.64. The topological polar surface area (TPSA) is 40.6 Å². The van der Waals surface area contributed by atoms with Gasteiger partial charge >= 0.3 is 0 Å². The van der Waals surface area contributed by atoms with E-state index in [1.165, 1.54) is 28.6 Å². The van der Waals surface area contributed by atoms with Gasteiger partial charge in [0.1, 0.15) is 16.5 Å². The van der Waals surface area contributed by atoms with Crippen molar-refractivity contribution in [3.05, 3.63) is 59.1 Å². The smallest absolute Gasteiger partial charge is 0.244 e. The van der Waals surface area contributed by atoms with Crippen molar-refractivity contribution in [1.82, 2.24) is 4.31 Å². The molecule has 0 aliphatic carbocycles. The van der Waals surface area contributed by atoms with Crippen LogP contribution in [0.4, 0.5) is 14.5 Å². The van der Waals surface area contributed by atoms with E-state index in [4.69, 9.17) is 11.6 Å². The molecule has 1 fully saturated rings. The van der Waals surface area contributed by atoms with Gasteiger partial charge in [0, 0.05) is 32.2 Å². The van der Waals surface area contributed by atoms with Crippen molar-refractivity contribution in [2.24, 2.45) is 0 Å². The maximum Gasteiger partial charge on any atom is 0.244 e. The lowest BCUT2D eigenvalue weighted by atomic mass is 10.2. The van der Waals surface area contributed by atoms with Crippen molar-refractivity contribution in [1.29, 1.82) is 0 Å². The second kappa shape index (κ2) is 6.66. The first kappa shape index (κ1) is 17.1. The lowest BCUT2D eigenvalue weighted by molar-refractivity contribution is 0.383. The molecule has 0 unspecified atom stereocenters. The lowest BCUT2D eigenvalue weighted by Crippen LogP contribution is -2.49. The number of anilines is 1. The summed E-state index contributed by atoms with van der Waals surface area (Å²) >= 11 is 5.99. The predicted octanol–water partition coefficient (Wildman–Crippen LogP) is 3.13. The van der Waals surface area contributed by atoms with E-state index in [1.807, 2.05) is 0 Å². The highest BCUT2D eigenvalue weighted by Crippen LogP contribution is 2.27. The van der Waals surface area contributed by atoms with Gasteiger partial charge in [0.2, 0.25) is 10.0 Å². The molecule has 8 heteroatoms. The Labute approximate surface area is 144 Å². The quantitative estimate of drug-likeness (QED) is 0.831. The summed E-state index contributed by atoms with van der Waals surface area (Å²) in [4.78, 5) is 1.76. The number of sulfonamides is 1. The Morgan fingerprint density at radius 3 is 2.25 bits per heavy atom. The van der Waals surface area contributed by atoms with Gasteiger partial charge in [-0.25, -0.2) is 17.2 Å². The highest BCUT2D eigenvalue weighted by molar-refractivity contribution is 7.89. The molecule has 1 saturated heterocycles. The van der Waals surface area contributed by atoms with Crippen molar-refractivity contribution in [2.45, 2.75) is 4.90 Å². The minimum Gasteiger partial charge on any atom is -0.367 e. The van der Waals surface area contributed by atoms with Crippen LogP contribution in [-0.4, -0.2) is 38.9 Å². The van der Waals surface area contributed by atoms with Crippen LogP contribution >= 0.6 is 11.6 Å². The average Bonchev–Trinajstić information content (AvgIpc) is 2.55. The minimum atomic E-state index is -3.69. The summed E-state index contributed by atoms with van der Waals surface area (Å²) < 4.78 is 53.5. The van der Waals surface area contributed by atoms with Gasteiger partial charge in [-0.15, -0.1) is 0 Å². The molecule has 1 aliphatic heterocycles. The molecule has 0 saturated carbocycles. The van der Waals surface area contributed by atoms with Crippen LogP contribution in [-0.2, 0) is 10.0 Å². The van der Waals surface area contributed by atoms with Crippen LogP contribution in [0, 0.1) is 11.6 Å². The Balaban J connectivity index is 1.76. The largest absolute Gasteiger partial charge is 0.367 e. The van der Waals surface area contributed by atoms with Crippen molar-refractivity contribution < 1.29 is 17.2 Å². The Morgan fingerprint density at radius 1 is 0.958 bits per heavy atom. The first-order chi connectivity index (χ1) is 11.4. The van der Waals surface area contributed by atoms with Gasteiger partial charge in [0.15, 0.2) is 0 Å². The Morgan fingerprint density at radius 2 is 1.62 bits per heavy atom. The number of hydrogen-bond acceptors (Lipinski definition) is 3. The van der Waals surface area contributed by atoms with Crippen molar-refractivity contribution >= 4 is 27.3 Å². The molecule has 0 spiro atoms. The molecule has 1 heterocycles. The third kappa shape index (κ3) is 3.24. The molecular formula is C16H15ClF2N2O2S. The molecule has 0 aromatic heterocycles. The molecule has 0 atom stereocenters. The molecule has 4 nitrogen and oxygen atoms in total. The first-order valence-electron chi connectivity index (χ1n) is 7.34. The van der Waals surface area contributed by atoms with Gasteiger partial charge < -0.3 is 4.90 Å². The minimum absolute atomic E-state index is 0.0630. The summed E-state index contributed by atoms with van der Waals surface area (Å²) in [5.41, 5.74) is 0.270.